The molecular weight excluding hydrogens is 251 g/mol. The van der Waals surface area contributed by atoms with Crippen LogP contribution < -0.4 is 5.32 Å². The van der Waals surface area contributed by atoms with E-state index in [1.165, 1.54) is 44.4 Å². The molecular formula is C17H27FN2. The van der Waals surface area contributed by atoms with Crippen LogP contribution in [0.4, 0.5) is 4.39 Å². The van der Waals surface area contributed by atoms with E-state index in [1.807, 2.05) is 6.07 Å². The predicted molar refractivity (Wildman–Crippen MR) is 80.9 cm³/mol. The van der Waals surface area contributed by atoms with Gasteiger partial charge in [-0.1, -0.05) is 40.0 Å². The molecule has 112 valence electrons. The fourth-order valence-electron chi connectivity index (χ4n) is 3.40. The zero-order valence-electron chi connectivity index (χ0n) is 12.9. The van der Waals surface area contributed by atoms with Crippen LogP contribution in [0.15, 0.2) is 18.3 Å². The summed E-state index contributed by atoms with van der Waals surface area (Å²) in [4.78, 5) is 4.32. The molecule has 1 aromatic heterocycles. The van der Waals surface area contributed by atoms with Gasteiger partial charge in [-0.3, -0.25) is 4.98 Å². The van der Waals surface area contributed by atoms with Gasteiger partial charge in [0.05, 0.1) is 17.9 Å². The molecule has 1 aliphatic carbocycles. The minimum atomic E-state index is -0.257. The standard InChI is InChI=1S/C17H27FN2/c1-4-13-6-5-7-14(10-13)17(20-12(2)3)16-9-8-15(18)11-19-16/h8-9,11-14,17,20H,4-7,10H2,1-3H3. The van der Waals surface area contributed by atoms with Crippen LogP contribution in [0, 0.1) is 17.7 Å². The van der Waals surface area contributed by atoms with E-state index in [1.54, 1.807) is 0 Å². The van der Waals surface area contributed by atoms with Gasteiger partial charge in [0.1, 0.15) is 5.82 Å². The van der Waals surface area contributed by atoms with Crippen molar-refractivity contribution in [2.75, 3.05) is 0 Å². The SMILES string of the molecule is CCC1CCCC(C(NC(C)C)c2ccc(F)cn2)C1. The van der Waals surface area contributed by atoms with Crippen molar-refractivity contribution in [1.82, 2.24) is 10.3 Å². The molecule has 3 atom stereocenters. The molecule has 2 rings (SSSR count). The molecule has 2 nitrogen and oxygen atoms in total. The molecule has 0 aromatic carbocycles. The Hall–Kier alpha value is -0.960. The largest absolute Gasteiger partial charge is 0.306 e. The van der Waals surface area contributed by atoms with Gasteiger partial charge in [-0.15, -0.1) is 0 Å². The van der Waals surface area contributed by atoms with E-state index in [9.17, 15) is 4.39 Å². The fourth-order valence-corrected chi connectivity index (χ4v) is 3.40. The van der Waals surface area contributed by atoms with E-state index < -0.39 is 0 Å². The molecule has 20 heavy (non-hydrogen) atoms. The van der Waals surface area contributed by atoms with Crippen LogP contribution in [0.25, 0.3) is 0 Å². The number of aromatic nitrogens is 1. The van der Waals surface area contributed by atoms with E-state index in [0.29, 0.717) is 12.0 Å². The Balaban J connectivity index is 2.16. The van der Waals surface area contributed by atoms with Crippen molar-refractivity contribution in [2.24, 2.45) is 11.8 Å². The van der Waals surface area contributed by atoms with Crippen molar-refractivity contribution in [1.29, 1.82) is 0 Å². The molecule has 1 N–H and O–H groups in total. The average Bonchev–Trinajstić information content (AvgIpc) is 2.46. The third-order valence-corrected chi connectivity index (χ3v) is 4.45. The molecule has 1 aromatic rings. The van der Waals surface area contributed by atoms with Crippen LogP contribution in [0.3, 0.4) is 0 Å². The van der Waals surface area contributed by atoms with Crippen LogP contribution in [0.1, 0.15) is 64.6 Å². The van der Waals surface area contributed by atoms with Crippen molar-refractivity contribution in [3.05, 3.63) is 29.8 Å². The van der Waals surface area contributed by atoms with Gasteiger partial charge in [-0.2, -0.15) is 0 Å². The molecule has 0 aliphatic heterocycles. The Morgan fingerprint density at radius 1 is 1.35 bits per heavy atom. The van der Waals surface area contributed by atoms with E-state index in [2.05, 4.69) is 31.1 Å². The number of nitrogens with zero attached hydrogens (tertiary/aromatic N) is 1. The Morgan fingerprint density at radius 2 is 2.15 bits per heavy atom. The van der Waals surface area contributed by atoms with E-state index >= 15 is 0 Å². The molecule has 0 spiro atoms. The molecule has 1 fully saturated rings. The van der Waals surface area contributed by atoms with E-state index in [0.717, 1.165) is 11.6 Å². The van der Waals surface area contributed by atoms with Crippen molar-refractivity contribution < 1.29 is 4.39 Å². The summed E-state index contributed by atoms with van der Waals surface area (Å²) in [6.07, 6.45) is 7.78. The zero-order valence-corrected chi connectivity index (χ0v) is 12.9. The third kappa shape index (κ3) is 4.02. The first-order chi connectivity index (χ1) is 9.60. The Bertz CT molecular complexity index is 402. The topological polar surface area (TPSA) is 24.9 Å². The lowest BCUT2D eigenvalue weighted by molar-refractivity contribution is 0.200. The highest BCUT2D eigenvalue weighted by Gasteiger charge is 2.29. The maximum Gasteiger partial charge on any atom is 0.141 e. The van der Waals surface area contributed by atoms with Crippen molar-refractivity contribution >= 4 is 0 Å². The Labute approximate surface area is 122 Å². The Morgan fingerprint density at radius 3 is 2.75 bits per heavy atom. The van der Waals surface area contributed by atoms with Crippen LogP contribution in [-0.2, 0) is 0 Å². The number of halogens is 1. The van der Waals surface area contributed by atoms with Gasteiger partial charge in [0.25, 0.3) is 0 Å². The molecule has 0 saturated heterocycles. The summed E-state index contributed by atoms with van der Waals surface area (Å²) in [5, 5.41) is 3.64. The summed E-state index contributed by atoms with van der Waals surface area (Å²) in [5.74, 6) is 1.20. The second kappa shape index (κ2) is 7.16. The number of rotatable bonds is 5. The minimum Gasteiger partial charge on any atom is -0.306 e. The maximum absolute atomic E-state index is 13.1. The normalized spacial score (nSPS) is 24.9. The lowest BCUT2D eigenvalue weighted by Crippen LogP contribution is -2.36. The fraction of sp³-hybridized carbons (Fsp3) is 0.706. The first-order valence-corrected chi connectivity index (χ1v) is 7.97. The number of hydrogen-bond donors (Lipinski definition) is 1. The summed E-state index contributed by atoms with van der Waals surface area (Å²) < 4.78 is 13.1. The lowest BCUT2D eigenvalue weighted by atomic mass is 9.76. The predicted octanol–water partition coefficient (Wildman–Crippen LogP) is 4.48. The van der Waals surface area contributed by atoms with Gasteiger partial charge in [0.2, 0.25) is 0 Å². The second-order valence-electron chi connectivity index (χ2n) is 6.40. The Kier molecular flexibility index (Phi) is 5.53. The second-order valence-corrected chi connectivity index (χ2v) is 6.40. The highest BCUT2D eigenvalue weighted by Crippen LogP contribution is 2.38. The van der Waals surface area contributed by atoms with Gasteiger partial charge < -0.3 is 5.32 Å². The molecule has 3 heteroatoms. The maximum atomic E-state index is 13.1. The number of hydrogen-bond acceptors (Lipinski definition) is 2. The highest BCUT2D eigenvalue weighted by molar-refractivity contribution is 5.11. The van der Waals surface area contributed by atoms with Gasteiger partial charge in [-0.05, 0) is 36.8 Å². The summed E-state index contributed by atoms with van der Waals surface area (Å²) >= 11 is 0. The van der Waals surface area contributed by atoms with Crippen LogP contribution in [0.2, 0.25) is 0 Å². The van der Waals surface area contributed by atoms with Gasteiger partial charge in [0, 0.05) is 6.04 Å². The summed E-state index contributed by atoms with van der Waals surface area (Å²) in [7, 11) is 0. The number of nitrogens with one attached hydrogen (secondary N) is 1. The summed E-state index contributed by atoms with van der Waals surface area (Å²) in [5.41, 5.74) is 0.988. The quantitative estimate of drug-likeness (QED) is 0.859. The van der Waals surface area contributed by atoms with Crippen LogP contribution >= 0.6 is 0 Å². The molecule has 1 aliphatic rings. The first kappa shape index (κ1) is 15.4. The first-order valence-electron chi connectivity index (χ1n) is 7.97. The van der Waals surface area contributed by atoms with E-state index in [4.69, 9.17) is 0 Å². The number of pyridine rings is 1. The monoisotopic (exact) mass is 278 g/mol. The lowest BCUT2D eigenvalue weighted by Gasteiger charge is -2.35. The van der Waals surface area contributed by atoms with Crippen molar-refractivity contribution in [3.63, 3.8) is 0 Å². The third-order valence-electron chi connectivity index (χ3n) is 4.45. The van der Waals surface area contributed by atoms with E-state index in [-0.39, 0.29) is 11.9 Å². The van der Waals surface area contributed by atoms with Crippen LogP contribution in [0.5, 0.6) is 0 Å². The molecule has 1 heterocycles. The molecule has 0 radical (unpaired) electrons. The molecule has 3 unspecified atom stereocenters. The minimum absolute atomic E-state index is 0.255. The molecule has 0 amide bonds. The average molecular weight is 278 g/mol. The smallest absolute Gasteiger partial charge is 0.141 e. The van der Waals surface area contributed by atoms with Crippen LogP contribution in [-0.4, -0.2) is 11.0 Å². The molecule has 1 saturated carbocycles. The molecule has 0 bridgehead atoms. The van der Waals surface area contributed by atoms with Gasteiger partial charge >= 0.3 is 0 Å². The highest BCUT2D eigenvalue weighted by atomic mass is 19.1. The van der Waals surface area contributed by atoms with Gasteiger partial charge in [0.15, 0.2) is 0 Å². The van der Waals surface area contributed by atoms with Crippen molar-refractivity contribution in [3.8, 4) is 0 Å². The van der Waals surface area contributed by atoms with Crippen molar-refractivity contribution in [2.45, 2.75) is 65.0 Å². The summed E-state index contributed by atoms with van der Waals surface area (Å²) in [6, 6.07) is 4.03. The zero-order chi connectivity index (χ0) is 14.5. The van der Waals surface area contributed by atoms with Gasteiger partial charge in [-0.25, -0.2) is 4.39 Å². The summed E-state index contributed by atoms with van der Waals surface area (Å²) in [6.45, 7) is 6.61.